The molecular formula is C14H29NOS. The zero-order chi connectivity index (χ0) is 12.7. The third-order valence-electron chi connectivity index (χ3n) is 4.33. The summed E-state index contributed by atoms with van der Waals surface area (Å²) in [4.78, 5) is 2.60. The van der Waals surface area contributed by atoms with Crippen LogP contribution in [0.3, 0.4) is 0 Å². The Morgan fingerprint density at radius 3 is 2.47 bits per heavy atom. The Morgan fingerprint density at radius 1 is 1.35 bits per heavy atom. The molecule has 0 radical (unpaired) electrons. The Labute approximate surface area is 113 Å². The number of ether oxygens (including phenoxy) is 1. The van der Waals surface area contributed by atoms with Gasteiger partial charge >= 0.3 is 0 Å². The Balaban J connectivity index is 2.56. The maximum Gasteiger partial charge on any atom is 0.0589 e. The average Bonchev–Trinajstić information content (AvgIpc) is 2.82. The standard InChI is InChI=1S/C14H29NOS/c1-4-13(2)15(9-10-16-3)11-14(12-17)7-5-6-8-14/h13,17H,4-12H2,1-3H3. The van der Waals surface area contributed by atoms with E-state index < -0.39 is 0 Å². The molecule has 0 aliphatic heterocycles. The van der Waals surface area contributed by atoms with E-state index in [4.69, 9.17) is 4.74 Å². The van der Waals surface area contributed by atoms with Crippen LogP contribution < -0.4 is 0 Å². The zero-order valence-corrected chi connectivity index (χ0v) is 12.6. The van der Waals surface area contributed by atoms with Gasteiger partial charge in [-0.1, -0.05) is 19.8 Å². The molecule has 0 spiro atoms. The van der Waals surface area contributed by atoms with Crippen molar-refractivity contribution in [1.82, 2.24) is 4.90 Å². The van der Waals surface area contributed by atoms with Gasteiger partial charge in [0, 0.05) is 26.2 Å². The van der Waals surface area contributed by atoms with Crippen molar-refractivity contribution >= 4 is 12.6 Å². The molecule has 3 heteroatoms. The topological polar surface area (TPSA) is 12.5 Å². The molecular weight excluding hydrogens is 230 g/mol. The van der Waals surface area contributed by atoms with Crippen molar-refractivity contribution in [1.29, 1.82) is 0 Å². The zero-order valence-electron chi connectivity index (χ0n) is 11.7. The van der Waals surface area contributed by atoms with Crippen LogP contribution in [0.2, 0.25) is 0 Å². The molecule has 0 aromatic heterocycles. The van der Waals surface area contributed by atoms with E-state index in [1.807, 2.05) is 0 Å². The van der Waals surface area contributed by atoms with Crippen molar-refractivity contribution in [3.05, 3.63) is 0 Å². The number of hydrogen-bond acceptors (Lipinski definition) is 3. The van der Waals surface area contributed by atoms with Gasteiger partial charge in [0.25, 0.3) is 0 Å². The summed E-state index contributed by atoms with van der Waals surface area (Å²) in [6.45, 7) is 7.70. The molecule has 0 N–H and O–H groups in total. The average molecular weight is 259 g/mol. The van der Waals surface area contributed by atoms with Crippen LogP contribution in [0.1, 0.15) is 46.0 Å². The summed E-state index contributed by atoms with van der Waals surface area (Å²) in [5, 5.41) is 0. The number of hydrogen-bond donors (Lipinski definition) is 1. The van der Waals surface area contributed by atoms with E-state index in [0.717, 1.165) is 18.9 Å². The monoisotopic (exact) mass is 259 g/mol. The Hall–Kier alpha value is 0.270. The minimum atomic E-state index is 0.473. The summed E-state index contributed by atoms with van der Waals surface area (Å²) < 4.78 is 5.24. The first-order valence-corrected chi connectivity index (χ1v) is 7.64. The molecule has 1 aliphatic carbocycles. The van der Waals surface area contributed by atoms with E-state index in [0.29, 0.717) is 11.5 Å². The van der Waals surface area contributed by atoms with Gasteiger partial charge in [-0.15, -0.1) is 0 Å². The Morgan fingerprint density at radius 2 is 2.00 bits per heavy atom. The second-order valence-corrected chi connectivity index (χ2v) is 5.90. The van der Waals surface area contributed by atoms with Crippen LogP contribution in [0, 0.1) is 5.41 Å². The van der Waals surface area contributed by atoms with Crippen molar-refractivity contribution in [3.8, 4) is 0 Å². The predicted octanol–water partition coefficient (Wildman–Crippen LogP) is 3.22. The molecule has 0 amide bonds. The van der Waals surface area contributed by atoms with E-state index >= 15 is 0 Å². The highest BCUT2D eigenvalue weighted by molar-refractivity contribution is 7.80. The van der Waals surface area contributed by atoms with Crippen LogP contribution in [0.5, 0.6) is 0 Å². The van der Waals surface area contributed by atoms with Gasteiger partial charge in [-0.2, -0.15) is 12.6 Å². The molecule has 1 fully saturated rings. The first-order chi connectivity index (χ1) is 8.17. The Bertz CT molecular complexity index is 204. The molecule has 1 rings (SSSR count). The molecule has 0 aromatic carbocycles. The minimum Gasteiger partial charge on any atom is -0.383 e. The van der Waals surface area contributed by atoms with Crippen LogP contribution in [0.25, 0.3) is 0 Å². The third kappa shape index (κ3) is 4.46. The van der Waals surface area contributed by atoms with Crippen molar-refractivity contribution in [2.75, 3.05) is 32.6 Å². The molecule has 1 aliphatic rings. The van der Waals surface area contributed by atoms with Gasteiger partial charge in [0.2, 0.25) is 0 Å². The summed E-state index contributed by atoms with van der Waals surface area (Å²) in [5.74, 6) is 1.03. The van der Waals surface area contributed by atoms with Gasteiger partial charge in [-0.25, -0.2) is 0 Å². The van der Waals surface area contributed by atoms with Crippen LogP contribution in [-0.4, -0.2) is 43.5 Å². The van der Waals surface area contributed by atoms with E-state index in [2.05, 4.69) is 31.4 Å². The molecule has 0 heterocycles. The summed E-state index contributed by atoms with van der Waals surface area (Å²) in [6.07, 6.45) is 6.71. The predicted molar refractivity (Wildman–Crippen MR) is 78.0 cm³/mol. The molecule has 2 nitrogen and oxygen atoms in total. The maximum absolute atomic E-state index is 5.24. The molecule has 102 valence electrons. The number of methoxy groups -OCH3 is 1. The molecule has 0 bridgehead atoms. The Kier molecular flexibility index (Phi) is 6.90. The van der Waals surface area contributed by atoms with Crippen LogP contribution in [0.4, 0.5) is 0 Å². The smallest absolute Gasteiger partial charge is 0.0589 e. The van der Waals surface area contributed by atoms with E-state index in [1.54, 1.807) is 7.11 Å². The first kappa shape index (κ1) is 15.3. The van der Waals surface area contributed by atoms with Crippen molar-refractivity contribution in [2.24, 2.45) is 5.41 Å². The molecule has 0 saturated heterocycles. The van der Waals surface area contributed by atoms with Gasteiger partial charge in [0.1, 0.15) is 0 Å². The molecule has 1 unspecified atom stereocenters. The highest BCUT2D eigenvalue weighted by atomic mass is 32.1. The lowest BCUT2D eigenvalue weighted by Gasteiger charge is -2.37. The van der Waals surface area contributed by atoms with Gasteiger partial charge in [-0.05, 0) is 37.4 Å². The molecule has 1 saturated carbocycles. The van der Waals surface area contributed by atoms with Gasteiger partial charge < -0.3 is 4.74 Å². The number of thiol groups is 1. The fourth-order valence-electron chi connectivity index (χ4n) is 2.84. The summed E-state index contributed by atoms with van der Waals surface area (Å²) in [5.41, 5.74) is 0.473. The van der Waals surface area contributed by atoms with Crippen molar-refractivity contribution in [3.63, 3.8) is 0 Å². The first-order valence-electron chi connectivity index (χ1n) is 7.01. The quantitative estimate of drug-likeness (QED) is 0.672. The normalized spacial score (nSPS) is 21.0. The lowest BCUT2D eigenvalue weighted by molar-refractivity contribution is 0.0873. The molecule has 0 aromatic rings. The second kappa shape index (κ2) is 7.65. The van der Waals surface area contributed by atoms with Gasteiger partial charge in [0.05, 0.1) is 6.61 Å². The highest BCUT2D eigenvalue weighted by Gasteiger charge is 2.34. The van der Waals surface area contributed by atoms with E-state index in [9.17, 15) is 0 Å². The number of rotatable bonds is 8. The van der Waals surface area contributed by atoms with E-state index in [-0.39, 0.29) is 0 Å². The van der Waals surface area contributed by atoms with Crippen LogP contribution in [-0.2, 0) is 4.74 Å². The van der Waals surface area contributed by atoms with Crippen LogP contribution in [0.15, 0.2) is 0 Å². The van der Waals surface area contributed by atoms with Crippen molar-refractivity contribution in [2.45, 2.75) is 52.0 Å². The third-order valence-corrected chi connectivity index (χ3v) is 5.01. The lowest BCUT2D eigenvalue weighted by atomic mass is 9.87. The number of nitrogens with zero attached hydrogens (tertiary/aromatic N) is 1. The fraction of sp³-hybridized carbons (Fsp3) is 1.00. The van der Waals surface area contributed by atoms with Crippen LogP contribution >= 0.6 is 12.6 Å². The maximum atomic E-state index is 5.24. The minimum absolute atomic E-state index is 0.473. The summed E-state index contributed by atoms with van der Waals surface area (Å²) >= 11 is 4.61. The van der Waals surface area contributed by atoms with E-state index in [1.165, 1.54) is 38.6 Å². The van der Waals surface area contributed by atoms with Gasteiger partial charge in [0.15, 0.2) is 0 Å². The van der Waals surface area contributed by atoms with Gasteiger partial charge in [-0.3, -0.25) is 4.90 Å². The molecule has 17 heavy (non-hydrogen) atoms. The second-order valence-electron chi connectivity index (χ2n) is 5.59. The largest absolute Gasteiger partial charge is 0.383 e. The lowest BCUT2D eigenvalue weighted by Crippen LogP contribution is -2.43. The summed E-state index contributed by atoms with van der Waals surface area (Å²) in [6, 6.07) is 0.655. The SMILES string of the molecule is CCC(C)N(CCOC)CC1(CS)CCCC1. The molecule has 1 atom stereocenters. The van der Waals surface area contributed by atoms with Crippen molar-refractivity contribution < 1.29 is 4.74 Å². The fourth-order valence-corrected chi connectivity index (χ4v) is 3.26. The highest BCUT2D eigenvalue weighted by Crippen LogP contribution is 2.40. The summed E-state index contributed by atoms with van der Waals surface area (Å²) in [7, 11) is 1.79.